The van der Waals surface area contributed by atoms with Gasteiger partial charge in [-0.25, -0.2) is 18.1 Å². The Bertz CT molecular complexity index is 477. The Kier molecular flexibility index (Phi) is 4.36. The minimum atomic E-state index is -3.42. The molecule has 2 rings (SSSR count). The second kappa shape index (κ2) is 5.81. The summed E-state index contributed by atoms with van der Waals surface area (Å²) in [5.41, 5.74) is 0. The summed E-state index contributed by atoms with van der Waals surface area (Å²) < 4.78 is 26.4. The van der Waals surface area contributed by atoms with E-state index in [2.05, 4.69) is 20.0 Å². The van der Waals surface area contributed by atoms with Gasteiger partial charge in [-0.1, -0.05) is 0 Å². The molecule has 0 aromatic carbocycles. The molecule has 1 aliphatic heterocycles. The summed E-state index contributed by atoms with van der Waals surface area (Å²) in [6, 6.07) is 0. The molecule has 3 N–H and O–H groups in total. The number of nitrogens with zero attached hydrogens (tertiary/aromatic N) is 1. The Labute approximate surface area is 108 Å². The van der Waals surface area contributed by atoms with Gasteiger partial charge in [0, 0.05) is 6.54 Å². The molecule has 1 saturated heterocycles. The molecule has 0 radical (unpaired) electrons. The molecule has 1 aliphatic rings. The number of H-pyrrole nitrogens is 1. The van der Waals surface area contributed by atoms with E-state index in [0.717, 1.165) is 32.4 Å². The molecular weight excluding hydrogens is 252 g/mol. The third-order valence-corrected chi connectivity index (χ3v) is 4.64. The highest BCUT2D eigenvalue weighted by Crippen LogP contribution is 2.15. The molecule has 0 atom stereocenters. The van der Waals surface area contributed by atoms with Crippen molar-refractivity contribution in [1.82, 2.24) is 20.0 Å². The van der Waals surface area contributed by atoms with Crippen LogP contribution in [0.15, 0.2) is 11.2 Å². The number of imidazole rings is 1. The van der Waals surface area contributed by atoms with Crippen LogP contribution in [0.1, 0.15) is 25.1 Å². The number of piperidine rings is 1. The Hall–Kier alpha value is -0.920. The summed E-state index contributed by atoms with van der Waals surface area (Å²) in [5, 5.41) is 3.44. The largest absolute Gasteiger partial charge is 0.332 e. The maximum absolute atomic E-state index is 11.9. The summed E-state index contributed by atoms with van der Waals surface area (Å²) in [4.78, 5) is 6.63. The van der Waals surface area contributed by atoms with Crippen LogP contribution in [0.4, 0.5) is 0 Å². The minimum Gasteiger partial charge on any atom is -0.332 e. The molecule has 0 saturated carbocycles. The Balaban J connectivity index is 1.82. The summed E-state index contributed by atoms with van der Waals surface area (Å²) in [7, 11) is -3.42. The molecule has 1 fully saturated rings. The van der Waals surface area contributed by atoms with Crippen LogP contribution in [-0.4, -0.2) is 38.0 Å². The molecule has 2 heterocycles. The zero-order valence-electron chi connectivity index (χ0n) is 10.6. The van der Waals surface area contributed by atoms with Crippen LogP contribution < -0.4 is 10.0 Å². The maximum atomic E-state index is 11.9. The third kappa shape index (κ3) is 3.54. The molecule has 6 nitrogen and oxygen atoms in total. The lowest BCUT2D eigenvalue weighted by atomic mass is 9.95. The van der Waals surface area contributed by atoms with E-state index in [4.69, 9.17) is 0 Å². The van der Waals surface area contributed by atoms with Gasteiger partial charge in [-0.3, -0.25) is 0 Å². The third-order valence-electron chi connectivity index (χ3n) is 3.27. The van der Waals surface area contributed by atoms with Gasteiger partial charge in [-0.05, 0) is 45.2 Å². The number of hydrogen-bond donors (Lipinski definition) is 3. The summed E-state index contributed by atoms with van der Waals surface area (Å²) in [6.07, 6.45) is 4.51. The fourth-order valence-corrected chi connectivity index (χ4v) is 3.20. The number of hydrogen-bond acceptors (Lipinski definition) is 4. The standard InChI is InChI=1S/C11H20N4O2S/c1-9-13-8-11(15-9)18(16,17)14-7-4-10-2-5-12-6-3-10/h8,10,12,14H,2-7H2,1H3,(H,13,15). The topological polar surface area (TPSA) is 86.9 Å². The zero-order valence-corrected chi connectivity index (χ0v) is 11.4. The van der Waals surface area contributed by atoms with Gasteiger partial charge < -0.3 is 10.3 Å². The maximum Gasteiger partial charge on any atom is 0.257 e. The van der Waals surface area contributed by atoms with E-state index in [0.29, 0.717) is 18.3 Å². The van der Waals surface area contributed by atoms with E-state index < -0.39 is 10.0 Å². The quantitative estimate of drug-likeness (QED) is 0.723. The van der Waals surface area contributed by atoms with E-state index >= 15 is 0 Å². The van der Waals surface area contributed by atoms with Crippen LogP contribution in [-0.2, 0) is 10.0 Å². The predicted molar refractivity (Wildman–Crippen MR) is 68.7 cm³/mol. The normalized spacial score (nSPS) is 18.1. The van der Waals surface area contributed by atoms with E-state index in [9.17, 15) is 8.42 Å². The smallest absolute Gasteiger partial charge is 0.257 e. The lowest BCUT2D eigenvalue weighted by Crippen LogP contribution is -2.31. The number of aromatic amines is 1. The lowest BCUT2D eigenvalue weighted by molar-refractivity contribution is 0.354. The number of rotatable bonds is 5. The summed E-state index contributed by atoms with van der Waals surface area (Å²) in [5.74, 6) is 1.23. The van der Waals surface area contributed by atoms with Crippen molar-refractivity contribution in [3.05, 3.63) is 12.0 Å². The van der Waals surface area contributed by atoms with Crippen molar-refractivity contribution in [3.8, 4) is 0 Å². The van der Waals surface area contributed by atoms with Gasteiger partial charge in [0.15, 0.2) is 5.03 Å². The first-order valence-corrected chi connectivity index (χ1v) is 7.78. The molecular formula is C11H20N4O2S. The van der Waals surface area contributed by atoms with Crippen LogP contribution in [0.5, 0.6) is 0 Å². The first kappa shape index (κ1) is 13.5. The molecule has 0 aliphatic carbocycles. The predicted octanol–water partition coefficient (Wildman–Crippen LogP) is 0.386. The van der Waals surface area contributed by atoms with Crippen molar-refractivity contribution in [2.75, 3.05) is 19.6 Å². The van der Waals surface area contributed by atoms with Crippen LogP contribution in [0, 0.1) is 12.8 Å². The van der Waals surface area contributed by atoms with Crippen molar-refractivity contribution in [1.29, 1.82) is 0 Å². The van der Waals surface area contributed by atoms with Crippen molar-refractivity contribution in [2.45, 2.75) is 31.2 Å². The Morgan fingerprint density at radius 1 is 1.44 bits per heavy atom. The van der Waals surface area contributed by atoms with Crippen molar-refractivity contribution >= 4 is 10.0 Å². The molecule has 102 valence electrons. The molecule has 18 heavy (non-hydrogen) atoms. The van der Waals surface area contributed by atoms with Gasteiger partial charge in [0.05, 0.1) is 6.20 Å². The Morgan fingerprint density at radius 3 is 2.78 bits per heavy atom. The highest BCUT2D eigenvalue weighted by Gasteiger charge is 2.18. The average Bonchev–Trinajstić information content (AvgIpc) is 2.78. The first-order valence-electron chi connectivity index (χ1n) is 6.30. The van der Waals surface area contributed by atoms with Crippen molar-refractivity contribution in [3.63, 3.8) is 0 Å². The average molecular weight is 272 g/mol. The molecule has 0 unspecified atom stereocenters. The highest BCUT2D eigenvalue weighted by molar-refractivity contribution is 7.89. The second-order valence-corrected chi connectivity index (χ2v) is 6.45. The van der Waals surface area contributed by atoms with Crippen LogP contribution in [0.25, 0.3) is 0 Å². The van der Waals surface area contributed by atoms with E-state index in [1.165, 1.54) is 6.20 Å². The molecule has 0 bridgehead atoms. The number of sulfonamides is 1. The van der Waals surface area contributed by atoms with Gasteiger partial charge in [0.1, 0.15) is 5.82 Å². The summed E-state index contributed by atoms with van der Waals surface area (Å²) in [6.45, 7) is 4.30. The Morgan fingerprint density at radius 2 is 2.17 bits per heavy atom. The number of aromatic nitrogens is 2. The van der Waals surface area contributed by atoms with Gasteiger partial charge in [-0.2, -0.15) is 0 Å². The minimum absolute atomic E-state index is 0.144. The van der Waals surface area contributed by atoms with Crippen LogP contribution >= 0.6 is 0 Å². The van der Waals surface area contributed by atoms with Gasteiger partial charge in [-0.15, -0.1) is 0 Å². The van der Waals surface area contributed by atoms with Crippen molar-refractivity contribution in [2.24, 2.45) is 5.92 Å². The second-order valence-electron chi connectivity index (χ2n) is 4.71. The molecule has 1 aromatic rings. The SMILES string of the molecule is Cc1ncc(S(=O)(=O)NCCC2CCNCC2)[nH]1. The van der Waals surface area contributed by atoms with Gasteiger partial charge in [0.25, 0.3) is 10.0 Å². The molecule has 0 amide bonds. The fraction of sp³-hybridized carbons (Fsp3) is 0.727. The van der Waals surface area contributed by atoms with Crippen molar-refractivity contribution < 1.29 is 8.42 Å². The van der Waals surface area contributed by atoms with Gasteiger partial charge >= 0.3 is 0 Å². The number of aryl methyl sites for hydroxylation is 1. The van der Waals surface area contributed by atoms with Gasteiger partial charge in [0.2, 0.25) is 0 Å². The monoisotopic (exact) mass is 272 g/mol. The molecule has 7 heteroatoms. The fourth-order valence-electron chi connectivity index (χ4n) is 2.18. The van der Waals surface area contributed by atoms with Crippen LogP contribution in [0.2, 0.25) is 0 Å². The van der Waals surface area contributed by atoms with E-state index in [1.54, 1.807) is 6.92 Å². The zero-order chi connectivity index (χ0) is 13.0. The van der Waals surface area contributed by atoms with E-state index in [1.807, 2.05) is 0 Å². The highest BCUT2D eigenvalue weighted by atomic mass is 32.2. The number of nitrogens with one attached hydrogen (secondary N) is 3. The van der Waals surface area contributed by atoms with E-state index in [-0.39, 0.29) is 5.03 Å². The van der Waals surface area contributed by atoms with Crippen LogP contribution in [0.3, 0.4) is 0 Å². The molecule has 0 spiro atoms. The first-order chi connectivity index (χ1) is 8.58. The summed E-state index contributed by atoms with van der Waals surface area (Å²) >= 11 is 0. The lowest BCUT2D eigenvalue weighted by Gasteiger charge is -2.22. The molecule has 1 aromatic heterocycles.